The van der Waals surface area contributed by atoms with Crippen LogP contribution in [0.1, 0.15) is 6.92 Å². The summed E-state index contributed by atoms with van der Waals surface area (Å²) < 4.78 is 0. The molecule has 26 heavy (non-hydrogen) atoms. The van der Waals surface area contributed by atoms with Crippen molar-refractivity contribution in [3.63, 3.8) is 0 Å². The molecule has 2 heterocycles. The van der Waals surface area contributed by atoms with E-state index in [0.29, 0.717) is 0 Å². The van der Waals surface area contributed by atoms with Crippen LogP contribution in [0.3, 0.4) is 0 Å². The molecular formula is C19H21N3O3S. The number of anilines is 1. The molecule has 1 saturated heterocycles. The van der Waals surface area contributed by atoms with Gasteiger partial charge in [-0.25, -0.2) is 4.79 Å². The maximum atomic E-state index is 12.2. The van der Waals surface area contributed by atoms with Gasteiger partial charge in [-0.15, -0.1) is 0 Å². The minimum absolute atomic E-state index is 0.166. The maximum absolute atomic E-state index is 12.2. The second-order valence-electron chi connectivity index (χ2n) is 5.96. The summed E-state index contributed by atoms with van der Waals surface area (Å²) in [5.74, 6) is -0.490. The van der Waals surface area contributed by atoms with E-state index in [0.717, 1.165) is 21.4 Å². The van der Waals surface area contributed by atoms with E-state index < -0.39 is 18.2 Å². The largest absolute Gasteiger partial charge is 0.369 e. The van der Waals surface area contributed by atoms with Gasteiger partial charge in [-0.1, -0.05) is 36.0 Å². The monoisotopic (exact) mass is 371 g/mol. The minimum Gasteiger partial charge on any atom is -0.369 e. The zero-order valence-corrected chi connectivity index (χ0v) is 15.7. The number of carbonyl (C=O) groups is 2. The van der Waals surface area contributed by atoms with E-state index >= 15 is 0 Å². The normalized spacial score (nSPS) is 23.7. The van der Waals surface area contributed by atoms with Gasteiger partial charge in [0.2, 0.25) is 0 Å². The van der Waals surface area contributed by atoms with E-state index in [9.17, 15) is 14.7 Å². The van der Waals surface area contributed by atoms with Crippen LogP contribution in [0.4, 0.5) is 10.5 Å². The van der Waals surface area contributed by atoms with Crippen molar-refractivity contribution in [3.8, 4) is 0 Å². The van der Waals surface area contributed by atoms with Crippen molar-refractivity contribution < 1.29 is 14.7 Å². The van der Waals surface area contributed by atoms with Crippen molar-refractivity contribution in [2.75, 3.05) is 25.5 Å². The number of allylic oxidation sites excluding steroid dienone is 4. The molecule has 1 fully saturated rings. The van der Waals surface area contributed by atoms with Gasteiger partial charge in [0.1, 0.15) is 0 Å². The Bertz CT molecular complexity index is 831. The van der Waals surface area contributed by atoms with Crippen LogP contribution in [0.25, 0.3) is 0 Å². The third kappa shape index (κ3) is 3.15. The highest BCUT2D eigenvalue weighted by atomic mass is 32.2. The number of urea groups is 1. The van der Waals surface area contributed by atoms with E-state index in [4.69, 9.17) is 0 Å². The lowest BCUT2D eigenvalue weighted by Crippen LogP contribution is -2.55. The van der Waals surface area contributed by atoms with E-state index in [1.54, 1.807) is 23.9 Å². The first kappa shape index (κ1) is 18.3. The highest BCUT2D eigenvalue weighted by molar-refractivity contribution is 8.03. The third-order valence-electron chi connectivity index (χ3n) is 4.36. The summed E-state index contributed by atoms with van der Waals surface area (Å²) in [5.41, 5.74) is 1.36. The fourth-order valence-electron chi connectivity index (χ4n) is 2.90. The molecule has 0 saturated carbocycles. The molecule has 1 aromatic rings. The second kappa shape index (κ2) is 7.39. The first-order chi connectivity index (χ1) is 12.5. The van der Waals surface area contributed by atoms with Gasteiger partial charge in [-0.3, -0.25) is 14.6 Å². The Morgan fingerprint density at radius 2 is 1.85 bits per heavy atom. The first-order valence-corrected chi connectivity index (χ1v) is 9.13. The summed E-state index contributed by atoms with van der Waals surface area (Å²) in [7, 11) is 2.86. The molecule has 3 amide bonds. The quantitative estimate of drug-likeness (QED) is 0.828. The lowest BCUT2D eigenvalue weighted by Gasteiger charge is -2.34. The summed E-state index contributed by atoms with van der Waals surface area (Å²) in [6, 6.07) is 7.71. The number of para-hydroxylation sites is 1. The molecule has 0 aliphatic carbocycles. The number of aliphatic hydroxyl groups is 1. The molecule has 6 nitrogen and oxygen atoms in total. The number of likely N-dealkylation sites (N-methyl/N-ethyl adjacent to an activating group) is 2. The first-order valence-electron chi connectivity index (χ1n) is 8.31. The zero-order chi connectivity index (χ0) is 18.8. The Morgan fingerprint density at radius 3 is 2.58 bits per heavy atom. The molecule has 3 rings (SSSR count). The average molecular weight is 371 g/mol. The fraction of sp³-hybridized carbons (Fsp3) is 0.263. The predicted molar refractivity (Wildman–Crippen MR) is 103 cm³/mol. The molecule has 2 aliphatic heterocycles. The fourth-order valence-corrected chi connectivity index (χ4v) is 4.04. The lowest BCUT2D eigenvalue weighted by atomic mass is 10.1. The number of amides is 3. The Hall–Kier alpha value is -2.51. The summed E-state index contributed by atoms with van der Waals surface area (Å²) in [5, 5.41) is 11.2. The van der Waals surface area contributed by atoms with Crippen LogP contribution < -0.4 is 4.90 Å². The number of hydrogen-bond acceptors (Lipinski definition) is 5. The molecular weight excluding hydrogens is 350 g/mol. The SMILES string of the molecule is CCN1/C(=C/C=C/C=C2\C(=O)N(C)C(=O)N(C)C2O)Sc2ccccc21. The van der Waals surface area contributed by atoms with Crippen molar-refractivity contribution in [2.45, 2.75) is 18.0 Å². The van der Waals surface area contributed by atoms with Gasteiger partial charge >= 0.3 is 6.03 Å². The number of benzene rings is 1. The Labute approximate surface area is 157 Å². The van der Waals surface area contributed by atoms with Crippen LogP contribution in [0.15, 0.2) is 64.1 Å². The highest BCUT2D eigenvalue weighted by Crippen LogP contribution is 2.45. The Kier molecular flexibility index (Phi) is 5.20. The molecule has 1 aromatic carbocycles. The second-order valence-corrected chi connectivity index (χ2v) is 7.02. The standard InChI is InChI=1S/C19H21N3O3S/c1-4-22-14-10-6-7-11-15(14)26-16(22)12-8-5-9-13-17(23)20(2)19(25)21(3)18(13)24/h5-12,17,23H,4H2,1-3H3/b8-5+,13-9-,16-12-. The smallest absolute Gasteiger partial charge is 0.328 e. The molecule has 0 radical (unpaired) electrons. The van der Waals surface area contributed by atoms with E-state index in [-0.39, 0.29) is 5.57 Å². The molecule has 7 heteroatoms. The average Bonchev–Trinajstić information content (AvgIpc) is 3.01. The number of nitrogens with zero attached hydrogens (tertiary/aromatic N) is 3. The van der Waals surface area contributed by atoms with E-state index in [1.165, 1.54) is 24.7 Å². The molecule has 0 spiro atoms. The minimum atomic E-state index is -1.24. The molecule has 1 unspecified atom stereocenters. The zero-order valence-electron chi connectivity index (χ0n) is 14.9. The third-order valence-corrected chi connectivity index (χ3v) is 5.49. The Morgan fingerprint density at radius 1 is 1.15 bits per heavy atom. The van der Waals surface area contributed by atoms with Gasteiger partial charge in [0.25, 0.3) is 5.91 Å². The summed E-state index contributed by atoms with van der Waals surface area (Å²) in [6.45, 7) is 2.96. The molecule has 1 N–H and O–H groups in total. The summed E-state index contributed by atoms with van der Waals surface area (Å²) in [6.07, 6.45) is 5.83. The number of fused-ring (bicyclic) bond motifs is 1. The number of carbonyl (C=O) groups excluding carboxylic acids is 2. The number of aliphatic hydroxyl groups excluding tert-OH is 1. The number of rotatable bonds is 3. The summed E-state index contributed by atoms with van der Waals surface area (Å²) in [4.78, 5) is 29.5. The van der Waals surface area contributed by atoms with Crippen molar-refractivity contribution in [1.82, 2.24) is 9.80 Å². The highest BCUT2D eigenvalue weighted by Gasteiger charge is 2.37. The van der Waals surface area contributed by atoms with Crippen molar-refractivity contribution in [2.24, 2.45) is 0 Å². The van der Waals surface area contributed by atoms with Gasteiger partial charge in [0.05, 0.1) is 16.3 Å². The van der Waals surface area contributed by atoms with Crippen molar-refractivity contribution in [1.29, 1.82) is 0 Å². The van der Waals surface area contributed by atoms with Gasteiger partial charge in [-0.05, 0) is 31.2 Å². The molecule has 2 aliphatic rings. The number of imide groups is 1. The van der Waals surface area contributed by atoms with Crippen LogP contribution >= 0.6 is 11.8 Å². The molecule has 0 aromatic heterocycles. The van der Waals surface area contributed by atoms with Crippen LogP contribution in [0.5, 0.6) is 0 Å². The number of hydrogen-bond donors (Lipinski definition) is 1. The van der Waals surface area contributed by atoms with E-state index in [2.05, 4.69) is 24.0 Å². The van der Waals surface area contributed by atoms with Gasteiger partial charge in [-0.2, -0.15) is 0 Å². The van der Waals surface area contributed by atoms with Crippen LogP contribution in [0.2, 0.25) is 0 Å². The van der Waals surface area contributed by atoms with Gasteiger partial charge in [0.15, 0.2) is 6.23 Å². The van der Waals surface area contributed by atoms with Crippen LogP contribution in [-0.2, 0) is 4.79 Å². The van der Waals surface area contributed by atoms with Gasteiger partial charge in [0, 0.05) is 25.5 Å². The number of thioether (sulfide) groups is 1. The van der Waals surface area contributed by atoms with Crippen molar-refractivity contribution >= 4 is 29.4 Å². The molecule has 136 valence electrons. The van der Waals surface area contributed by atoms with Crippen LogP contribution in [0, 0.1) is 0 Å². The molecule has 1 atom stereocenters. The maximum Gasteiger partial charge on any atom is 0.328 e. The summed E-state index contributed by atoms with van der Waals surface area (Å²) >= 11 is 1.69. The van der Waals surface area contributed by atoms with E-state index in [1.807, 2.05) is 24.3 Å². The predicted octanol–water partition coefficient (Wildman–Crippen LogP) is 2.78. The Balaban J connectivity index is 1.78. The van der Waals surface area contributed by atoms with Crippen LogP contribution in [-0.4, -0.2) is 53.7 Å². The molecule has 0 bridgehead atoms. The van der Waals surface area contributed by atoms with Gasteiger partial charge < -0.3 is 10.0 Å². The lowest BCUT2D eigenvalue weighted by molar-refractivity contribution is -0.128. The topological polar surface area (TPSA) is 64.1 Å². The van der Waals surface area contributed by atoms with Crippen molar-refractivity contribution in [3.05, 3.63) is 59.2 Å².